The molecule has 0 saturated carbocycles. The van der Waals surface area contributed by atoms with Gasteiger partial charge in [-0.15, -0.1) is 0 Å². The molecule has 4 nitrogen and oxygen atoms in total. The van der Waals surface area contributed by atoms with Crippen LogP contribution in [-0.2, 0) is 19.1 Å². The fourth-order valence-electron chi connectivity index (χ4n) is 4.35. The van der Waals surface area contributed by atoms with E-state index in [0.717, 1.165) is 21.9 Å². The predicted octanol–water partition coefficient (Wildman–Crippen LogP) is 5.15. The predicted molar refractivity (Wildman–Crippen MR) is 109 cm³/mol. The monoisotopic (exact) mass is 370 g/mol. The summed E-state index contributed by atoms with van der Waals surface area (Å²) in [5.41, 5.74) is 1.86. The van der Waals surface area contributed by atoms with Crippen LogP contribution in [0.15, 0.2) is 54.6 Å². The maximum Gasteiger partial charge on any atom is 0.303 e. The summed E-state index contributed by atoms with van der Waals surface area (Å²) in [5.74, 6) is -0.818. The van der Waals surface area contributed by atoms with Gasteiger partial charge in [-0.05, 0) is 50.0 Å². The van der Waals surface area contributed by atoms with Crippen LogP contribution in [0.5, 0.6) is 0 Å². The molecule has 2 unspecified atom stereocenters. The molecule has 0 bridgehead atoms. The van der Waals surface area contributed by atoms with Gasteiger partial charge < -0.3 is 9.47 Å². The summed E-state index contributed by atoms with van der Waals surface area (Å²) < 4.78 is 11.0. The highest BCUT2D eigenvalue weighted by molar-refractivity contribution is 6.24. The second kappa shape index (κ2) is 6.06. The summed E-state index contributed by atoms with van der Waals surface area (Å²) in [4.78, 5) is 23.3. The maximum atomic E-state index is 11.8. The minimum atomic E-state index is -0.664. The van der Waals surface area contributed by atoms with Gasteiger partial charge in [-0.1, -0.05) is 48.5 Å². The third-order valence-electron chi connectivity index (χ3n) is 5.37. The van der Waals surface area contributed by atoms with Crippen LogP contribution in [0.25, 0.3) is 38.4 Å². The van der Waals surface area contributed by atoms with Crippen LogP contribution in [0, 0.1) is 0 Å². The van der Waals surface area contributed by atoms with E-state index < -0.39 is 24.1 Å². The lowest BCUT2D eigenvalue weighted by Gasteiger charge is -2.30. The van der Waals surface area contributed by atoms with Crippen molar-refractivity contribution in [1.29, 1.82) is 0 Å². The van der Waals surface area contributed by atoms with Crippen molar-refractivity contribution in [3.05, 3.63) is 65.7 Å². The Morgan fingerprint density at radius 3 is 2.21 bits per heavy atom. The molecule has 0 radical (unpaired) electrons. The second-order valence-electron chi connectivity index (χ2n) is 7.20. The summed E-state index contributed by atoms with van der Waals surface area (Å²) in [6.07, 6.45) is 2.47. The van der Waals surface area contributed by atoms with Crippen molar-refractivity contribution >= 4 is 50.3 Å². The van der Waals surface area contributed by atoms with Crippen molar-refractivity contribution in [2.75, 3.05) is 0 Å². The number of carbonyl (C=O) groups excluding carboxylic acids is 2. The Morgan fingerprint density at radius 2 is 1.50 bits per heavy atom. The number of hydrogen-bond acceptors (Lipinski definition) is 4. The van der Waals surface area contributed by atoms with Crippen molar-refractivity contribution in [2.45, 2.75) is 26.1 Å². The van der Waals surface area contributed by atoms with Gasteiger partial charge in [-0.25, -0.2) is 0 Å². The molecule has 5 rings (SSSR count). The highest BCUT2D eigenvalue weighted by Crippen LogP contribution is 2.42. The topological polar surface area (TPSA) is 52.6 Å². The summed E-state index contributed by atoms with van der Waals surface area (Å²) in [6.45, 7) is 2.72. The Kier molecular flexibility index (Phi) is 3.63. The van der Waals surface area contributed by atoms with E-state index in [2.05, 4.69) is 48.5 Å². The van der Waals surface area contributed by atoms with Crippen molar-refractivity contribution in [3.63, 3.8) is 0 Å². The smallest absolute Gasteiger partial charge is 0.303 e. The van der Waals surface area contributed by atoms with Gasteiger partial charge in [0, 0.05) is 19.4 Å². The molecule has 1 aliphatic rings. The summed E-state index contributed by atoms with van der Waals surface area (Å²) in [7, 11) is 0. The van der Waals surface area contributed by atoms with Gasteiger partial charge in [0.05, 0.1) is 0 Å². The molecular weight excluding hydrogens is 352 g/mol. The van der Waals surface area contributed by atoms with E-state index in [4.69, 9.17) is 9.47 Å². The molecule has 0 spiro atoms. The lowest BCUT2D eigenvalue weighted by atomic mass is 9.84. The van der Waals surface area contributed by atoms with Gasteiger partial charge >= 0.3 is 11.9 Å². The molecule has 4 aromatic rings. The van der Waals surface area contributed by atoms with E-state index in [1.807, 2.05) is 6.08 Å². The highest BCUT2D eigenvalue weighted by atomic mass is 16.6. The first kappa shape index (κ1) is 16.8. The number of rotatable bonds is 2. The number of benzene rings is 4. The molecule has 0 aromatic heterocycles. The molecule has 28 heavy (non-hydrogen) atoms. The average molecular weight is 370 g/mol. The van der Waals surface area contributed by atoms with Gasteiger partial charge in [-0.2, -0.15) is 0 Å². The van der Waals surface area contributed by atoms with Crippen LogP contribution in [0.3, 0.4) is 0 Å². The van der Waals surface area contributed by atoms with Crippen molar-refractivity contribution in [2.24, 2.45) is 0 Å². The van der Waals surface area contributed by atoms with Gasteiger partial charge in [0.15, 0.2) is 12.2 Å². The number of ether oxygens (including phenoxy) is 2. The fraction of sp³-hybridized carbons (Fsp3) is 0.167. The number of hydrogen-bond donors (Lipinski definition) is 0. The quantitative estimate of drug-likeness (QED) is 0.362. The highest BCUT2D eigenvalue weighted by Gasteiger charge is 2.32. The average Bonchev–Trinajstić information content (AvgIpc) is 2.67. The lowest BCUT2D eigenvalue weighted by molar-refractivity contribution is -0.162. The second-order valence-corrected chi connectivity index (χ2v) is 7.20. The van der Waals surface area contributed by atoms with Crippen molar-refractivity contribution in [1.82, 2.24) is 0 Å². The molecule has 0 heterocycles. The van der Waals surface area contributed by atoms with Gasteiger partial charge in [-0.3, -0.25) is 9.59 Å². The zero-order valence-electron chi connectivity index (χ0n) is 15.6. The molecule has 138 valence electrons. The van der Waals surface area contributed by atoms with E-state index in [1.54, 1.807) is 6.08 Å². The molecular formula is C24H18O4. The normalized spacial score (nSPS) is 18.5. The van der Waals surface area contributed by atoms with Crippen LogP contribution < -0.4 is 0 Å². The molecule has 1 aliphatic carbocycles. The van der Waals surface area contributed by atoms with Gasteiger partial charge in [0.2, 0.25) is 0 Å². The SMILES string of the molecule is CC(=O)OC1C=Cc2c(cc3ccc4cccc5ccc2c3c45)C1OC(C)=O. The molecule has 2 atom stereocenters. The molecule has 0 amide bonds. The zero-order valence-corrected chi connectivity index (χ0v) is 15.6. The third kappa shape index (κ3) is 2.45. The number of fused-ring (bicyclic) bond motifs is 2. The first-order valence-electron chi connectivity index (χ1n) is 9.26. The molecule has 0 N–H and O–H groups in total. The fourth-order valence-corrected chi connectivity index (χ4v) is 4.35. The van der Waals surface area contributed by atoms with E-state index in [-0.39, 0.29) is 0 Å². The van der Waals surface area contributed by atoms with E-state index in [1.165, 1.54) is 35.4 Å². The Hall–Kier alpha value is -3.40. The van der Waals surface area contributed by atoms with Crippen LogP contribution >= 0.6 is 0 Å². The van der Waals surface area contributed by atoms with Crippen LogP contribution in [0.1, 0.15) is 31.1 Å². The zero-order chi connectivity index (χ0) is 19.4. The van der Waals surface area contributed by atoms with E-state index in [0.29, 0.717) is 0 Å². The Bertz CT molecular complexity index is 1270. The summed E-state index contributed by atoms with van der Waals surface area (Å²) in [5, 5.41) is 7.01. The third-order valence-corrected chi connectivity index (χ3v) is 5.37. The Balaban J connectivity index is 1.82. The summed E-state index contributed by atoms with van der Waals surface area (Å²) in [6, 6.07) is 16.8. The van der Waals surface area contributed by atoms with E-state index in [9.17, 15) is 9.59 Å². The molecule has 0 saturated heterocycles. The van der Waals surface area contributed by atoms with Crippen LogP contribution in [0.2, 0.25) is 0 Å². The Morgan fingerprint density at radius 1 is 0.821 bits per heavy atom. The molecule has 0 aliphatic heterocycles. The first-order chi connectivity index (χ1) is 13.5. The van der Waals surface area contributed by atoms with Gasteiger partial charge in [0.1, 0.15) is 0 Å². The summed E-state index contributed by atoms with van der Waals surface area (Å²) >= 11 is 0. The largest absolute Gasteiger partial charge is 0.454 e. The molecule has 0 fully saturated rings. The number of esters is 2. The minimum Gasteiger partial charge on any atom is -0.454 e. The van der Waals surface area contributed by atoms with Crippen molar-refractivity contribution in [3.8, 4) is 0 Å². The lowest BCUT2D eigenvalue weighted by Crippen LogP contribution is -2.28. The first-order valence-corrected chi connectivity index (χ1v) is 9.26. The van der Waals surface area contributed by atoms with Crippen molar-refractivity contribution < 1.29 is 19.1 Å². The Labute approximate surface area is 161 Å². The standard InChI is InChI=1S/C24H18O4/c1-13(25)27-21-11-10-18-19-9-8-16-5-3-4-15-6-7-17(23(19)22(15)16)12-20(18)24(21)28-14(2)26/h3-12,21,24H,1-2H3. The van der Waals surface area contributed by atoms with E-state index >= 15 is 0 Å². The minimum absolute atomic E-state index is 0.409. The number of carbonyl (C=O) groups is 2. The molecule has 4 aromatic carbocycles. The maximum absolute atomic E-state index is 11.8. The van der Waals surface area contributed by atoms with Crippen LogP contribution in [-0.4, -0.2) is 18.0 Å². The molecule has 4 heteroatoms. The van der Waals surface area contributed by atoms with Crippen LogP contribution in [0.4, 0.5) is 0 Å². The van der Waals surface area contributed by atoms with Gasteiger partial charge in [0.25, 0.3) is 0 Å².